The zero-order valence-electron chi connectivity index (χ0n) is 11.6. The van der Waals surface area contributed by atoms with Gasteiger partial charge in [-0.3, -0.25) is 9.78 Å². The number of aromatic hydroxyl groups is 1. The number of hydrogen-bond acceptors (Lipinski definition) is 4. The summed E-state index contributed by atoms with van der Waals surface area (Å²) in [6.45, 7) is 0. The highest BCUT2D eigenvalue weighted by Gasteiger charge is 2.05. The van der Waals surface area contributed by atoms with Crippen molar-refractivity contribution in [3.05, 3.63) is 71.9 Å². The van der Waals surface area contributed by atoms with Crippen LogP contribution >= 0.6 is 0 Å². The van der Waals surface area contributed by atoms with E-state index in [0.29, 0.717) is 11.1 Å². The van der Waals surface area contributed by atoms with Crippen molar-refractivity contribution in [1.82, 2.24) is 10.4 Å². The normalized spacial score (nSPS) is 10.9. The van der Waals surface area contributed by atoms with E-state index >= 15 is 0 Å². The van der Waals surface area contributed by atoms with E-state index in [9.17, 15) is 9.90 Å². The molecule has 1 aromatic heterocycles. The van der Waals surface area contributed by atoms with Crippen LogP contribution in [0.25, 0.3) is 10.9 Å². The molecular formula is C17H13N3O2. The number of nitrogens with zero attached hydrogens (tertiary/aromatic N) is 2. The van der Waals surface area contributed by atoms with Gasteiger partial charge in [0.05, 0.1) is 6.21 Å². The number of hydrazone groups is 1. The number of benzene rings is 2. The van der Waals surface area contributed by atoms with Gasteiger partial charge in [0.2, 0.25) is 0 Å². The molecule has 108 valence electrons. The van der Waals surface area contributed by atoms with E-state index in [-0.39, 0.29) is 11.7 Å². The fourth-order valence-electron chi connectivity index (χ4n) is 2.11. The SMILES string of the molecule is O=C(N/N=C\c1ccc(O)c2ncccc12)c1ccccc1. The van der Waals surface area contributed by atoms with E-state index in [4.69, 9.17) is 0 Å². The van der Waals surface area contributed by atoms with E-state index < -0.39 is 0 Å². The van der Waals surface area contributed by atoms with Crippen molar-refractivity contribution < 1.29 is 9.90 Å². The topological polar surface area (TPSA) is 74.6 Å². The van der Waals surface area contributed by atoms with E-state index in [1.807, 2.05) is 12.1 Å². The quantitative estimate of drug-likeness (QED) is 0.575. The first-order valence-electron chi connectivity index (χ1n) is 6.71. The Balaban J connectivity index is 1.82. The second-order valence-corrected chi connectivity index (χ2v) is 4.64. The number of carbonyl (C=O) groups excluding carboxylic acids is 1. The Morgan fingerprint density at radius 2 is 1.91 bits per heavy atom. The van der Waals surface area contributed by atoms with Crippen molar-refractivity contribution in [2.45, 2.75) is 0 Å². The molecule has 5 heteroatoms. The fourth-order valence-corrected chi connectivity index (χ4v) is 2.11. The molecular weight excluding hydrogens is 278 g/mol. The first kappa shape index (κ1) is 13.8. The fraction of sp³-hybridized carbons (Fsp3) is 0. The molecule has 2 aromatic carbocycles. The zero-order chi connectivity index (χ0) is 15.4. The van der Waals surface area contributed by atoms with Gasteiger partial charge in [-0.1, -0.05) is 24.3 Å². The lowest BCUT2D eigenvalue weighted by Crippen LogP contribution is -2.17. The van der Waals surface area contributed by atoms with Crippen LogP contribution in [0.3, 0.4) is 0 Å². The van der Waals surface area contributed by atoms with Gasteiger partial charge in [-0.25, -0.2) is 5.43 Å². The molecule has 0 bridgehead atoms. The monoisotopic (exact) mass is 291 g/mol. The number of pyridine rings is 1. The highest BCUT2D eigenvalue weighted by atomic mass is 16.3. The Kier molecular flexibility index (Phi) is 3.78. The molecule has 0 spiro atoms. The average molecular weight is 291 g/mol. The van der Waals surface area contributed by atoms with Crippen LogP contribution in [0.15, 0.2) is 65.9 Å². The van der Waals surface area contributed by atoms with Crippen molar-refractivity contribution in [2.24, 2.45) is 5.10 Å². The van der Waals surface area contributed by atoms with Gasteiger partial charge in [-0.05, 0) is 30.3 Å². The van der Waals surface area contributed by atoms with E-state index in [2.05, 4.69) is 15.5 Å². The number of fused-ring (bicyclic) bond motifs is 1. The first-order chi connectivity index (χ1) is 10.8. The molecule has 0 aliphatic rings. The number of phenolic OH excluding ortho intramolecular Hbond substituents is 1. The third kappa shape index (κ3) is 2.78. The van der Waals surface area contributed by atoms with E-state index in [1.54, 1.807) is 48.7 Å². The first-order valence-corrected chi connectivity index (χ1v) is 6.71. The summed E-state index contributed by atoms with van der Waals surface area (Å²) in [6, 6.07) is 15.7. The summed E-state index contributed by atoms with van der Waals surface area (Å²) in [5.41, 5.74) is 4.27. The number of rotatable bonds is 3. The van der Waals surface area contributed by atoms with Crippen LogP contribution in [0.2, 0.25) is 0 Å². The zero-order valence-corrected chi connectivity index (χ0v) is 11.6. The Morgan fingerprint density at radius 3 is 2.73 bits per heavy atom. The maximum atomic E-state index is 11.9. The van der Waals surface area contributed by atoms with Gasteiger partial charge < -0.3 is 5.11 Å². The molecule has 0 atom stereocenters. The minimum absolute atomic E-state index is 0.112. The smallest absolute Gasteiger partial charge is 0.271 e. The Labute approximate surface area is 126 Å². The molecule has 5 nitrogen and oxygen atoms in total. The highest BCUT2D eigenvalue weighted by Crippen LogP contribution is 2.24. The standard InChI is InChI=1S/C17H13N3O2/c21-15-9-8-13(14-7-4-10-18-16(14)15)11-19-20-17(22)12-5-2-1-3-6-12/h1-11,21H,(H,20,22)/b19-11-. The minimum atomic E-state index is -0.280. The van der Waals surface area contributed by atoms with Crippen molar-refractivity contribution in [2.75, 3.05) is 0 Å². The van der Waals surface area contributed by atoms with Crippen molar-refractivity contribution in [3.63, 3.8) is 0 Å². The minimum Gasteiger partial charge on any atom is -0.506 e. The van der Waals surface area contributed by atoms with Crippen molar-refractivity contribution in [3.8, 4) is 5.75 Å². The van der Waals surface area contributed by atoms with Gasteiger partial charge in [-0.2, -0.15) is 5.10 Å². The molecule has 0 fully saturated rings. The van der Waals surface area contributed by atoms with Crippen LogP contribution in [-0.4, -0.2) is 22.2 Å². The number of amides is 1. The van der Waals surface area contributed by atoms with Gasteiger partial charge in [0.15, 0.2) is 0 Å². The molecule has 0 saturated carbocycles. The molecule has 1 heterocycles. The molecule has 0 aliphatic carbocycles. The second-order valence-electron chi connectivity index (χ2n) is 4.64. The number of aromatic nitrogens is 1. The second kappa shape index (κ2) is 6.05. The Morgan fingerprint density at radius 1 is 1.09 bits per heavy atom. The number of hydrogen-bond donors (Lipinski definition) is 2. The van der Waals surface area contributed by atoms with Crippen LogP contribution in [0.4, 0.5) is 0 Å². The largest absolute Gasteiger partial charge is 0.506 e. The maximum Gasteiger partial charge on any atom is 0.271 e. The van der Waals surface area contributed by atoms with E-state index in [0.717, 1.165) is 10.9 Å². The predicted molar refractivity (Wildman–Crippen MR) is 84.9 cm³/mol. The van der Waals surface area contributed by atoms with Crippen LogP contribution in [-0.2, 0) is 0 Å². The molecule has 0 aliphatic heterocycles. The lowest BCUT2D eigenvalue weighted by atomic mass is 10.1. The number of nitrogens with one attached hydrogen (secondary N) is 1. The predicted octanol–water partition coefficient (Wildman–Crippen LogP) is 2.70. The molecule has 22 heavy (non-hydrogen) atoms. The molecule has 3 aromatic rings. The lowest BCUT2D eigenvalue weighted by Gasteiger charge is -2.03. The maximum absolute atomic E-state index is 11.9. The third-order valence-electron chi connectivity index (χ3n) is 3.19. The van der Waals surface area contributed by atoms with Crippen molar-refractivity contribution in [1.29, 1.82) is 0 Å². The number of phenols is 1. The van der Waals surface area contributed by atoms with Gasteiger partial charge in [0, 0.05) is 22.7 Å². The Bertz CT molecular complexity index is 845. The molecule has 0 radical (unpaired) electrons. The summed E-state index contributed by atoms with van der Waals surface area (Å²) in [6.07, 6.45) is 3.14. The number of carbonyl (C=O) groups is 1. The van der Waals surface area contributed by atoms with Crippen LogP contribution in [0.1, 0.15) is 15.9 Å². The van der Waals surface area contributed by atoms with Gasteiger partial charge in [-0.15, -0.1) is 0 Å². The highest BCUT2D eigenvalue weighted by molar-refractivity contribution is 6.01. The summed E-state index contributed by atoms with van der Waals surface area (Å²) in [5, 5.41) is 14.5. The molecule has 0 unspecified atom stereocenters. The van der Waals surface area contributed by atoms with E-state index in [1.165, 1.54) is 6.21 Å². The summed E-state index contributed by atoms with van der Waals surface area (Å²) in [5.74, 6) is -0.167. The van der Waals surface area contributed by atoms with Gasteiger partial charge >= 0.3 is 0 Å². The Hall–Kier alpha value is -3.21. The molecule has 3 rings (SSSR count). The average Bonchev–Trinajstić information content (AvgIpc) is 2.58. The molecule has 0 saturated heterocycles. The summed E-state index contributed by atoms with van der Waals surface area (Å²) >= 11 is 0. The van der Waals surface area contributed by atoms with Gasteiger partial charge in [0.1, 0.15) is 11.3 Å². The summed E-state index contributed by atoms with van der Waals surface area (Å²) in [7, 11) is 0. The summed E-state index contributed by atoms with van der Waals surface area (Å²) < 4.78 is 0. The lowest BCUT2D eigenvalue weighted by molar-refractivity contribution is 0.0955. The molecule has 1 amide bonds. The molecule has 2 N–H and O–H groups in total. The third-order valence-corrected chi connectivity index (χ3v) is 3.19. The van der Waals surface area contributed by atoms with Gasteiger partial charge in [0.25, 0.3) is 5.91 Å². The van der Waals surface area contributed by atoms with Crippen LogP contribution in [0, 0.1) is 0 Å². The summed E-state index contributed by atoms with van der Waals surface area (Å²) in [4.78, 5) is 16.0. The van der Waals surface area contributed by atoms with Crippen molar-refractivity contribution >= 4 is 23.0 Å². The van der Waals surface area contributed by atoms with Crippen LogP contribution in [0.5, 0.6) is 5.75 Å². The van der Waals surface area contributed by atoms with Crippen LogP contribution < -0.4 is 5.43 Å².